The summed E-state index contributed by atoms with van der Waals surface area (Å²) in [6.07, 6.45) is 0. The van der Waals surface area contributed by atoms with E-state index in [4.69, 9.17) is 5.40 Å². The summed E-state index contributed by atoms with van der Waals surface area (Å²) in [4.78, 5) is 0. The third kappa shape index (κ3) is 2.14. The van der Waals surface area contributed by atoms with E-state index in [1.165, 1.54) is 0 Å². The minimum Gasteiger partial charge on any atom is -0.412 e. The fraction of sp³-hybridized carbons (Fsp3) is 1.00. The molecule has 26 valence electrons. The topological polar surface area (TPSA) is 35.2 Å². The van der Waals surface area contributed by atoms with Crippen LogP contribution in [0.15, 0.2) is 0 Å². The Morgan fingerprint density at radius 3 is 2.25 bits per heavy atom. The van der Waals surface area contributed by atoms with E-state index >= 15 is 0 Å². The normalized spacial score (nSPS) is 10.5. The zero-order valence-corrected chi connectivity index (χ0v) is 4.11. The third-order valence-electron chi connectivity index (χ3n) is 0.167. The molecule has 0 saturated carbocycles. The van der Waals surface area contributed by atoms with Gasteiger partial charge in [0, 0.05) is 7.11 Å². The minimum atomic E-state index is -0.576. The van der Waals surface area contributed by atoms with Gasteiger partial charge in [-0.2, -0.15) is 0 Å². The molecule has 0 aromatic heterocycles. The standard InChI is InChI=1S/CH7NOSi/c1-3-4-2/h2,4H2,1H3. The third-order valence-corrected chi connectivity index (χ3v) is 0.500. The van der Waals surface area contributed by atoms with Crippen LogP contribution in [0.5, 0.6) is 0 Å². The molecule has 2 N–H and O–H groups in total. The molecule has 0 aliphatic rings. The number of rotatable bonds is 1. The largest absolute Gasteiger partial charge is 0.412 e. The van der Waals surface area contributed by atoms with Crippen LogP contribution in [0, 0.1) is 0 Å². The van der Waals surface area contributed by atoms with Crippen molar-refractivity contribution in [1.82, 2.24) is 0 Å². The van der Waals surface area contributed by atoms with Crippen molar-refractivity contribution in [2.24, 2.45) is 5.40 Å². The number of hydrogen-bond acceptors (Lipinski definition) is 2. The van der Waals surface area contributed by atoms with Crippen molar-refractivity contribution in [3.8, 4) is 0 Å². The molecule has 0 aliphatic carbocycles. The molecule has 0 fully saturated rings. The Kier molecular flexibility index (Phi) is 3.24. The van der Waals surface area contributed by atoms with Gasteiger partial charge in [0.25, 0.3) is 0 Å². The van der Waals surface area contributed by atoms with Crippen LogP contribution in [-0.2, 0) is 4.43 Å². The monoisotopic (exact) mass is 77.0 g/mol. The second-order valence-electron chi connectivity index (χ2n) is 0.455. The van der Waals surface area contributed by atoms with Crippen LogP contribution >= 0.6 is 0 Å². The lowest BCUT2D eigenvalue weighted by Crippen LogP contribution is -2.05. The highest BCUT2D eigenvalue weighted by Gasteiger charge is 1.54. The van der Waals surface area contributed by atoms with E-state index in [1.54, 1.807) is 7.11 Å². The molecule has 3 heteroatoms. The second-order valence-corrected chi connectivity index (χ2v) is 1.37. The Morgan fingerprint density at radius 2 is 2.25 bits per heavy atom. The van der Waals surface area contributed by atoms with E-state index < -0.39 is 9.92 Å². The van der Waals surface area contributed by atoms with E-state index in [0.29, 0.717) is 0 Å². The summed E-state index contributed by atoms with van der Waals surface area (Å²) in [6.45, 7) is 0. The van der Waals surface area contributed by atoms with Crippen molar-refractivity contribution in [1.29, 1.82) is 0 Å². The summed E-state index contributed by atoms with van der Waals surface area (Å²) in [5.74, 6) is 0. The molecule has 0 spiro atoms. The SMILES string of the molecule is CO[SiH2]N. The Bertz CT molecular complexity index is 10.0. The Balaban J connectivity index is 1.97. The van der Waals surface area contributed by atoms with E-state index in [9.17, 15) is 0 Å². The second kappa shape index (κ2) is 3.14. The van der Waals surface area contributed by atoms with Gasteiger partial charge in [-0.1, -0.05) is 0 Å². The molecule has 0 saturated heterocycles. The van der Waals surface area contributed by atoms with Gasteiger partial charge in [-0.15, -0.1) is 0 Å². The molecule has 0 bridgehead atoms. The van der Waals surface area contributed by atoms with Gasteiger partial charge in [-0.25, -0.2) is 0 Å². The molecule has 0 aromatic carbocycles. The molecule has 0 heterocycles. The molecule has 4 heavy (non-hydrogen) atoms. The smallest absolute Gasteiger partial charge is 0.232 e. The number of nitrogens with two attached hydrogens (primary N) is 1. The lowest BCUT2D eigenvalue weighted by molar-refractivity contribution is 0.443. The van der Waals surface area contributed by atoms with Gasteiger partial charge in [0.1, 0.15) is 0 Å². The van der Waals surface area contributed by atoms with E-state index in [1.807, 2.05) is 0 Å². The van der Waals surface area contributed by atoms with E-state index in [-0.39, 0.29) is 0 Å². The Labute approximate surface area is 28.0 Å². The molecule has 0 atom stereocenters. The minimum absolute atomic E-state index is 0.576. The Morgan fingerprint density at radius 1 is 2.00 bits per heavy atom. The molecule has 0 rings (SSSR count). The first kappa shape index (κ1) is 4.14. The van der Waals surface area contributed by atoms with Gasteiger partial charge in [-0.3, -0.25) is 0 Å². The van der Waals surface area contributed by atoms with Gasteiger partial charge < -0.3 is 9.83 Å². The van der Waals surface area contributed by atoms with Gasteiger partial charge >= 0.3 is 0 Å². The first-order valence-corrected chi connectivity index (χ1v) is 2.50. The summed E-state index contributed by atoms with van der Waals surface area (Å²) in [7, 11) is 1.04. The molecular formula is CH7NOSi. The summed E-state index contributed by atoms with van der Waals surface area (Å²) in [5.41, 5.74) is 0. The number of hydrogen-bond donors (Lipinski definition) is 1. The van der Waals surface area contributed by atoms with Crippen molar-refractivity contribution in [2.45, 2.75) is 0 Å². The molecular weight excluding hydrogens is 70.1 g/mol. The fourth-order valence-electron chi connectivity index (χ4n) is 0. The maximum Gasteiger partial charge on any atom is 0.232 e. The van der Waals surface area contributed by atoms with Crippen molar-refractivity contribution >= 4 is 9.92 Å². The van der Waals surface area contributed by atoms with Gasteiger partial charge in [-0.05, 0) is 0 Å². The van der Waals surface area contributed by atoms with Crippen LogP contribution in [-0.4, -0.2) is 17.0 Å². The van der Waals surface area contributed by atoms with Crippen molar-refractivity contribution in [3.63, 3.8) is 0 Å². The summed E-state index contributed by atoms with van der Waals surface area (Å²) >= 11 is 0. The Hall–Kier alpha value is 0.137. The maximum atomic E-state index is 4.94. The average molecular weight is 77.2 g/mol. The van der Waals surface area contributed by atoms with Crippen LogP contribution in [0.4, 0.5) is 0 Å². The van der Waals surface area contributed by atoms with Gasteiger partial charge in [0.15, 0.2) is 0 Å². The predicted molar refractivity (Wildman–Crippen MR) is 19.7 cm³/mol. The molecule has 0 aliphatic heterocycles. The van der Waals surface area contributed by atoms with Crippen LogP contribution < -0.4 is 5.40 Å². The van der Waals surface area contributed by atoms with Crippen LogP contribution in [0.1, 0.15) is 0 Å². The van der Waals surface area contributed by atoms with Crippen molar-refractivity contribution in [3.05, 3.63) is 0 Å². The highest BCUT2D eigenvalue weighted by atomic mass is 28.2. The lowest BCUT2D eigenvalue weighted by atomic mass is 11.8. The van der Waals surface area contributed by atoms with E-state index in [2.05, 4.69) is 4.43 Å². The zero-order valence-electron chi connectivity index (χ0n) is 2.69. The molecule has 0 amide bonds. The molecule has 0 unspecified atom stereocenters. The van der Waals surface area contributed by atoms with Crippen molar-refractivity contribution < 1.29 is 4.43 Å². The highest BCUT2D eigenvalue weighted by Crippen LogP contribution is 1.35. The summed E-state index contributed by atoms with van der Waals surface area (Å²) in [5, 5.41) is 4.94. The first-order chi connectivity index (χ1) is 1.91. The first-order valence-electron chi connectivity index (χ1n) is 1.11. The van der Waals surface area contributed by atoms with Crippen LogP contribution in [0.2, 0.25) is 0 Å². The lowest BCUT2D eigenvalue weighted by Gasteiger charge is -1.75. The molecule has 0 radical (unpaired) electrons. The predicted octanol–water partition coefficient (Wildman–Crippen LogP) is -1.41. The average Bonchev–Trinajstić information content (AvgIpc) is 1.37. The van der Waals surface area contributed by atoms with Crippen LogP contribution in [0.3, 0.4) is 0 Å². The fourth-order valence-corrected chi connectivity index (χ4v) is 0. The van der Waals surface area contributed by atoms with Crippen LogP contribution in [0.25, 0.3) is 0 Å². The van der Waals surface area contributed by atoms with Gasteiger partial charge in [0.2, 0.25) is 9.92 Å². The highest BCUT2D eigenvalue weighted by molar-refractivity contribution is 6.21. The molecule has 0 aromatic rings. The maximum absolute atomic E-state index is 4.94. The van der Waals surface area contributed by atoms with Crippen molar-refractivity contribution in [2.75, 3.05) is 7.11 Å². The quantitative estimate of drug-likeness (QED) is 0.390. The van der Waals surface area contributed by atoms with E-state index in [0.717, 1.165) is 0 Å². The molecule has 2 nitrogen and oxygen atoms in total. The zero-order chi connectivity index (χ0) is 3.41. The summed E-state index contributed by atoms with van der Waals surface area (Å²) < 4.78 is 4.46. The summed E-state index contributed by atoms with van der Waals surface area (Å²) in [6, 6.07) is 0. The van der Waals surface area contributed by atoms with Gasteiger partial charge in [0.05, 0.1) is 0 Å².